The zero-order valence-electron chi connectivity index (χ0n) is 14.0. The summed E-state index contributed by atoms with van der Waals surface area (Å²) >= 11 is 0. The number of unbranched alkanes of at least 4 members (excludes halogenated alkanes) is 4. The minimum atomic E-state index is 0.833. The van der Waals surface area contributed by atoms with Gasteiger partial charge in [-0.05, 0) is 36.8 Å². The van der Waals surface area contributed by atoms with Crippen molar-refractivity contribution < 1.29 is 0 Å². The Morgan fingerprint density at radius 1 is 0.682 bits per heavy atom. The maximum Gasteiger partial charge on any atom is 0.159 e. The van der Waals surface area contributed by atoms with Crippen LogP contribution in [0.2, 0.25) is 0 Å². The van der Waals surface area contributed by atoms with Gasteiger partial charge in [0.2, 0.25) is 0 Å². The molecule has 0 spiro atoms. The Morgan fingerprint density at radius 2 is 1.32 bits per heavy atom. The Morgan fingerprint density at radius 3 is 1.95 bits per heavy atom. The van der Waals surface area contributed by atoms with Crippen LogP contribution in [0.1, 0.15) is 63.5 Å². The Hall–Kier alpha value is -1.70. The van der Waals surface area contributed by atoms with Crippen LogP contribution >= 0.6 is 0 Å². The third-order valence-electron chi connectivity index (χ3n) is 4.06. The average Bonchev–Trinajstić information content (AvgIpc) is 2.58. The first-order chi connectivity index (χ1) is 10.8. The number of aromatic nitrogens is 2. The van der Waals surface area contributed by atoms with Gasteiger partial charge < -0.3 is 0 Å². The van der Waals surface area contributed by atoms with Crippen molar-refractivity contribution in [2.45, 2.75) is 65.2 Å². The zero-order chi connectivity index (χ0) is 15.6. The minimum absolute atomic E-state index is 0.833. The number of benzene rings is 1. The number of rotatable bonds is 9. The largest absolute Gasteiger partial charge is 0.236 e. The van der Waals surface area contributed by atoms with Crippen LogP contribution in [0.15, 0.2) is 36.7 Å². The molecule has 22 heavy (non-hydrogen) atoms. The first-order valence-corrected chi connectivity index (χ1v) is 8.73. The molecule has 0 N–H and O–H groups in total. The molecule has 2 heteroatoms. The second kappa shape index (κ2) is 9.34. The molecular formula is C20H28N2. The van der Waals surface area contributed by atoms with E-state index in [1.807, 2.05) is 12.4 Å². The summed E-state index contributed by atoms with van der Waals surface area (Å²) in [5.74, 6) is 0.833. The van der Waals surface area contributed by atoms with Gasteiger partial charge in [0, 0.05) is 18.0 Å². The van der Waals surface area contributed by atoms with Crippen molar-refractivity contribution in [3.8, 4) is 11.4 Å². The highest BCUT2D eigenvalue weighted by Crippen LogP contribution is 2.17. The fraction of sp³-hybridized carbons (Fsp3) is 0.500. The standard InChI is InChI=1S/C20H28N2/c1-3-5-7-8-10-18-15-21-20(22-16-18)19-13-11-17(12-14-19)9-6-4-2/h11-16H,3-10H2,1-2H3. The highest BCUT2D eigenvalue weighted by atomic mass is 14.9. The molecule has 0 aliphatic rings. The van der Waals surface area contributed by atoms with Gasteiger partial charge in [0.1, 0.15) is 0 Å². The normalized spacial score (nSPS) is 10.8. The summed E-state index contributed by atoms with van der Waals surface area (Å²) in [4.78, 5) is 9.06. The molecule has 0 aliphatic heterocycles. The minimum Gasteiger partial charge on any atom is -0.236 e. The second-order valence-electron chi connectivity index (χ2n) is 6.03. The molecule has 0 bridgehead atoms. The van der Waals surface area contributed by atoms with E-state index in [0.29, 0.717) is 0 Å². The highest BCUT2D eigenvalue weighted by molar-refractivity contribution is 5.55. The van der Waals surface area contributed by atoms with E-state index in [1.54, 1.807) is 0 Å². The van der Waals surface area contributed by atoms with Crippen LogP contribution in [0.25, 0.3) is 11.4 Å². The average molecular weight is 296 g/mol. The maximum absolute atomic E-state index is 4.53. The summed E-state index contributed by atoms with van der Waals surface area (Å²) < 4.78 is 0. The van der Waals surface area contributed by atoms with E-state index in [0.717, 1.165) is 24.2 Å². The lowest BCUT2D eigenvalue weighted by atomic mass is 10.1. The predicted octanol–water partition coefficient (Wildman–Crippen LogP) is 5.61. The van der Waals surface area contributed by atoms with E-state index in [-0.39, 0.29) is 0 Å². The van der Waals surface area contributed by atoms with Crippen LogP contribution in [-0.2, 0) is 12.8 Å². The molecule has 0 atom stereocenters. The third kappa shape index (κ3) is 5.25. The Labute approximate surface area is 135 Å². The van der Waals surface area contributed by atoms with Gasteiger partial charge in [0.15, 0.2) is 5.82 Å². The van der Waals surface area contributed by atoms with E-state index in [2.05, 4.69) is 48.1 Å². The maximum atomic E-state index is 4.53. The first kappa shape index (κ1) is 16.7. The molecule has 0 radical (unpaired) electrons. The van der Waals surface area contributed by atoms with Crippen LogP contribution in [0.4, 0.5) is 0 Å². The third-order valence-corrected chi connectivity index (χ3v) is 4.06. The Balaban J connectivity index is 1.92. The van der Waals surface area contributed by atoms with Gasteiger partial charge in [-0.15, -0.1) is 0 Å². The Kier molecular flexibility index (Phi) is 7.08. The van der Waals surface area contributed by atoms with Crippen molar-refractivity contribution in [2.24, 2.45) is 0 Å². The van der Waals surface area contributed by atoms with E-state index >= 15 is 0 Å². The summed E-state index contributed by atoms with van der Waals surface area (Å²) in [5, 5.41) is 0. The lowest BCUT2D eigenvalue weighted by molar-refractivity contribution is 0.665. The van der Waals surface area contributed by atoms with Crippen molar-refractivity contribution in [1.29, 1.82) is 0 Å². The molecule has 0 saturated carbocycles. The molecule has 2 nitrogen and oxygen atoms in total. The molecule has 0 aliphatic carbocycles. The smallest absolute Gasteiger partial charge is 0.159 e. The second-order valence-corrected chi connectivity index (χ2v) is 6.03. The summed E-state index contributed by atoms with van der Waals surface area (Å²) in [6.07, 6.45) is 13.9. The van der Waals surface area contributed by atoms with Gasteiger partial charge in [-0.3, -0.25) is 0 Å². The van der Waals surface area contributed by atoms with Crippen LogP contribution in [0.3, 0.4) is 0 Å². The van der Waals surface area contributed by atoms with Gasteiger partial charge in [-0.1, -0.05) is 63.8 Å². The van der Waals surface area contributed by atoms with E-state index in [1.165, 1.54) is 49.7 Å². The molecule has 1 aromatic carbocycles. The van der Waals surface area contributed by atoms with Crippen molar-refractivity contribution in [3.05, 3.63) is 47.8 Å². The number of hydrogen-bond acceptors (Lipinski definition) is 2. The van der Waals surface area contributed by atoms with Crippen molar-refractivity contribution >= 4 is 0 Å². The first-order valence-electron chi connectivity index (χ1n) is 8.73. The lowest BCUT2D eigenvalue weighted by Gasteiger charge is -2.05. The van der Waals surface area contributed by atoms with Crippen molar-refractivity contribution in [1.82, 2.24) is 9.97 Å². The molecule has 0 amide bonds. The van der Waals surface area contributed by atoms with Crippen LogP contribution in [-0.4, -0.2) is 9.97 Å². The lowest BCUT2D eigenvalue weighted by Crippen LogP contribution is -1.93. The monoisotopic (exact) mass is 296 g/mol. The molecule has 1 aromatic heterocycles. The van der Waals surface area contributed by atoms with Gasteiger partial charge >= 0.3 is 0 Å². The molecule has 2 aromatic rings. The quantitative estimate of drug-likeness (QED) is 0.562. The molecule has 0 unspecified atom stereocenters. The van der Waals surface area contributed by atoms with Crippen LogP contribution < -0.4 is 0 Å². The molecule has 1 heterocycles. The van der Waals surface area contributed by atoms with Crippen molar-refractivity contribution in [2.75, 3.05) is 0 Å². The SMILES string of the molecule is CCCCCCc1cnc(-c2ccc(CCCC)cc2)nc1. The number of nitrogens with zero attached hydrogens (tertiary/aromatic N) is 2. The van der Waals surface area contributed by atoms with E-state index < -0.39 is 0 Å². The fourth-order valence-corrected chi connectivity index (χ4v) is 2.59. The van der Waals surface area contributed by atoms with Crippen molar-refractivity contribution in [3.63, 3.8) is 0 Å². The predicted molar refractivity (Wildman–Crippen MR) is 93.9 cm³/mol. The molecule has 118 valence electrons. The number of aryl methyl sites for hydroxylation is 2. The van der Waals surface area contributed by atoms with Gasteiger partial charge in [0.25, 0.3) is 0 Å². The molecular weight excluding hydrogens is 268 g/mol. The summed E-state index contributed by atoms with van der Waals surface area (Å²) in [6, 6.07) is 8.68. The van der Waals surface area contributed by atoms with Crippen LogP contribution in [0, 0.1) is 0 Å². The van der Waals surface area contributed by atoms with Gasteiger partial charge in [-0.2, -0.15) is 0 Å². The summed E-state index contributed by atoms with van der Waals surface area (Å²) in [6.45, 7) is 4.47. The Bertz CT molecular complexity index is 529. The fourth-order valence-electron chi connectivity index (χ4n) is 2.59. The van der Waals surface area contributed by atoms with Gasteiger partial charge in [0.05, 0.1) is 0 Å². The summed E-state index contributed by atoms with van der Waals surface area (Å²) in [5.41, 5.74) is 3.76. The summed E-state index contributed by atoms with van der Waals surface area (Å²) in [7, 11) is 0. The number of hydrogen-bond donors (Lipinski definition) is 0. The van der Waals surface area contributed by atoms with E-state index in [4.69, 9.17) is 0 Å². The van der Waals surface area contributed by atoms with Gasteiger partial charge in [-0.25, -0.2) is 9.97 Å². The topological polar surface area (TPSA) is 25.8 Å². The highest BCUT2D eigenvalue weighted by Gasteiger charge is 2.02. The van der Waals surface area contributed by atoms with Crippen LogP contribution in [0.5, 0.6) is 0 Å². The molecule has 2 rings (SSSR count). The zero-order valence-corrected chi connectivity index (χ0v) is 14.0. The molecule has 0 saturated heterocycles. The van der Waals surface area contributed by atoms with E-state index in [9.17, 15) is 0 Å². The molecule has 0 fully saturated rings.